The van der Waals surface area contributed by atoms with E-state index in [-0.39, 0.29) is 6.10 Å². The number of aliphatic hydroxyl groups excluding tert-OH is 1. The maximum atomic E-state index is 9.69. The molecule has 0 spiro atoms. The highest BCUT2D eigenvalue weighted by atomic mass is 16.5. The van der Waals surface area contributed by atoms with Crippen molar-refractivity contribution in [1.82, 2.24) is 0 Å². The van der Waals surface area contributed by atoms with E-state index in [1.54, 1.807) is 19.3 Å². The minimum Gasteiger partial charge on any atom is -0.386 e. The van der Waals surface area contributed by atoms with Crippen LogP contribution in [0.1, 0.15) is 5.56 Å². The first-order valence-electron chi connectivity index (χ1n) is 4.84. The number of methoxy groups -OCH3 is 1. The summed E-state index contributed by atoms with van der Waals surface area (Å²) in [7, 11) is 1.55. The second-order valence-electron chi connectivity index (χ2n) is 3.20. The molecule has 0 saturated carbocycles. The lowest BCUT2D eigenvalue weighted by Gasteiger charge is -2.14. The van der Waals surface area contributed by atoms with E-state index in [2.05, 4.69) is 6.58 Å². The van der Waals surface area contributed by atoms with Gasteiger partial charge in [0.1, 0.15) is 12.2 Å². The smallest absolute Gasteiger partial charge is 0.104 e. The average molecular weight is 204 g/mol. The first kappa shape index (κ1) is 11.7. The highest BCUT2D eigenvalue weighted by molar-refractivity contribution is 5.49. The molecular weight excluding hydrogens is 188 g/mol. The van der Waals surface area contributed by atoms with Crippen molar-refractivity contribution >= 4 is 6.08 Å². The topological polar surface area (TPSA) is 29.5 Å². The van der Waals surface area contributed by atoms with Crippen LogP contribution in [0.25, 0.3) is 6.08 Å². The van der Waals surface area contributed by atoms with Crippen LogP contribution in [0.5, 0.6) is 0 Å². The predicted octanol–water partition coefficient (Wildman–Crippen LogP) is 2.26. The third-order valence-electron chi connectivity index (χ3n) is 2.13. The number of aliphatic hydroxyl groups is 1. The minimum absolute atomic E-state index is 0.357. The fourth-order valence-electron chi connectivity index (χ4n) is 1.26. The lowest BCUT2D eigenvalue weighted by molar-refractivity contribution is 0.0435. The number of rotatable bonds is 5. The van der Waals surface area contributed by atoms with E-state index in [9.17, 15) is 5.11 Å². The molecule has 1 aromatic rings. The number of ether oxygens (including phenoxy) is 1. The predicted molar refractivity (Wildman–Crippen MR) is 62.5 cm³/mol. The Morgan fingerprint density at radius 2 is 2.00 bits per heavy atom. The van der Waals surface area contributed by atoms with Gasteiger partial charge in [0.2, 0.25) is 0 Å². The molecule has 0 bridgehead atoms. The molecular formula is C13H16O2. The molecule has 0 aromatic heterocycles. The van der Waals surface area contributed by atoms with Crippen molar-refractivity contribution in [2.75, 3.05) is 7.11 Å². The molecule has 1 aromatic carbocycles. The van der Waals surface area contributed by atoms with E-state index in [1.165, 1.54) is 0 Å². The maximum Gasteiger partial charge on any atom is 0.104 e. The second-order valence-corrected chi connectivity index (χ2v) is 3.20. The summed E-state index contributed by atoms with van der Waals surface area (Å²) in [4.78, 5) is 0. The summed E-state index contributed by atoms with van der Waals surface area (Å²) in [6.45, 7) is 3.59. The molecule has 0 heterocycles. The first-order valence-corrected chi connectivity index (χ1v) is 4.84. The fourth-order valence-corrected chi connectivity index (χ4v) is 1.26. The quantitative estimate of drug-likeness (QED) is 0.745. The highest BCUT2D eigenvalue weighted by Crippen LogP contribution is 2.06. The van der Waals surface area contributed by atoms with Gasteiger partial charge in [-0.15, -0.1) is 6.58 Å². The van der Waals surface area contributed by atoms with Gasteiger partial charge in [-0.3, -0.25) is 0 Å². The Labute approximate surface area is 90.5 Å². The fraction of sp³-hybridized carbons (Fsp3) is 0.231. The van der Waals surface area contributed by atoms with Crippen LogP contribution in [0.15, 0.2) is 49.1 Å². The van der Waals surface area contributed by atoms with Crippen molar-refractivity contribution in [3.8, 4) is 0 Å². The van der Waals surface area contributed by atoms with Crippen molar-refractivity contribution in [1.29, 1.82) is 0 Å². The van der Waals surface area contributed by atoms with E-state index >= 15 is 0 Å². The van der Waals surface area contributed by atoms with E-state index in [0.717, 1.165) is 5.56 Å². The third kappa shape index (κ3) is 3.70. The van der Waals surface area contributed by atoms with Crippen molar-refractivity contribution in [3.63, 3.8) is 0 Å². The zero-order valence-corrected chi connectivity index (χ0v) is 8.84. The molecule has 1 N–H and O–H groups in total. The monoisotopic (exact) mass is 204 g/mol. The molecule has 0 amide bonds. The van der Waals surface area contributed by atoms with Crippen LogP contribution in [-0.4, -0.2) is 24.4 Å². The van der Waals surface area contributed by atoms with Gasteiger partial charge in [0.25, 0.3) is 0 Å². The molecule has 2 heteroatoms. The molecule has 0 aliphatic rings. The van der Waals surface area contributed by atoms with Crippen molar-refractivity contribution in [3.05, 3.63) is 54.6 Å². The normalized spacial score (nSPS) is 15.1. The van der Waals surface area contributed by atoms with E-state index in [0.29, 0.717) is 0 Å². The molecule has 1 rings (SSSR count). The maximum absolute atomic E-state index is 9.69. The van der Waals surface area contributed by atoms with Gasteiger partial charge < -0.3 is 9.84 Å². The summed E-state index contributed by atoms with van der Waals surface area (Å²) in [6, 6.07) is 9.80. The van der Waals surface area contributed by atoms with Crippen LogP contribution in [-0.2, 0) is 4.74 Å². The molecule has 0 radical (unpaired) electrons. The molecule has 2 atom stereocenters. The first-order chi connectivity index (χ1) is 7.27. The highest BCUT2D eigenvalue weighted by Gasteiger charge is 2.10. The Kier molecular flexibility index (Phi) is 4.81. The van der Waals surface area contributed by atoms with Gasteiger partial charge in [0.15, 0.2) is 0 Å². The molecule has 0 saturated heterocycles. The lowest BCUT2D eigenvalue weighted by Crippen LogP contribution is -2.23. The number of hydrogen-bond acceptors (Lipinski definition) is 2. The zero-order chi connectivity index (χ0) is 11.1. The number of hydrogen-bond donors (Lipinski definition) is 1. The van der Waals surface area contributed by atoms with Crippen molar-refractivity contribution in [2.45, 2.75) is 12.2 Å². The Bertz CT molecular complexity index is 317. The standard InChI is InChI=1S/C13H16O2/c1-3-13(15-2)12(14)10-9-11-7-5-4-6-8-11/h3-10,12-14H,1H2,2H3/b10-9+/t12-,13+/m0/s1. The third-order valence-corrected chi connectivity index (χ3v) is 2.13. The van der Waals surface area contributed by atoms with Crippen molar-refractivity contribution in [2.24, 2.45) is 0 Å². The van der Waals surface area contributed by atoms with Crippen LogP contribution >= 0.6 is 0 Å². The Morgan fingerprint density at radius 3 is 2.53 bits per heavy atom. The molecule has 2 nitrogen and oxygen atoms in total. The molecule has 0 aliphatic carbocycles. The van der Waals surface area contributed by atoms with Crippen LogP contribution in [0.2, 0.25) is 0 Å². The Balaban J connectivity index is 2.61. The van der Waals surface area contributed by atoms with Gasteiger partial charge >= 0.3 is 0 Å². The Hall–Kier alpha value is -1.38. The van der Waals surface area contributed by atoms with Gasteiger partial charge in [0.05, 0.1) is 0 Å². The molecule has 0 fully saturated rings. The molecule has 80 valence electrons. The van der Waals surface area contributed by atoms with E-state index in [4.69, 9.17) is 4.74 Å². The lowest BCUT2D eigenvalue weighted by atomic mass is 10.1. The van der Waals surface area contributed by atoms with Crippen LogP contribution in [0.3, 0.4) is 0 Å². The summed E-state index contributed by atoms with van der Waals surface area (Å²) in [5.74, 6) is 0. The summed E-state index contributed by atoms with van der Waals surface area (Å²) >= 11 is 0. The summed E-state index contributed by atoms with van der Waals surface area (Å²) < 4.78 is 5.03. The van der Waals surface area contributed by atoms with Crippen LogP contribution in [0, 0.1) is 0 Å². The minimum atomic E-state index is -0.660. The zero-order valence-electron chi connectivity index (χ0n) is 8.84. The van der Waals surface area contributed by atoms with Gasteiger partial charge in [-0.1, -0.05) is 48.6 Å². The summed E-state index contributed by atoms with van der Waals surface area (Å²) in [6.07, 6.45) is 4.13. The van der Waals surface area contributed by atoms with Gasteiger partial charge in [-0.2, -0.15) is 0 Å². The second kappa shape index (κ2) is 6.17. The van der Waals surface area contributed by atoms with Gasteiger partial charge in [-0.05, 0) is 5.56 Å². The molecule has 15 heavy (non-hydrogen) atoms. The summed E-state index contributed by atoms with van der Waals surface area (Å²) in [5, 5.41) is 9.69. The van der Waals surface area contributed by atoms with E-state index in [1.807, 2.05) is 36.4 Å². The largest absolute Gasteiger partial charge is 0.386 e. The van der Waals surface area contributed by atoms with E-state index < -0.39 is 6.10 Å². The van der Waals surface area contributed by atoms with Crippen molar-refractivity contribution < 1.29 is 9.84 Å². The van der Waals surface area contributed by atoms with Gasteiger partial charge in [0, 0.05) is 7.11 Å². The average Bonchev–Trinajstić information content (AvgIpc) is 2.29. The van der Waals surface area contributed by atoms with Crippen LogP contribution < -0.4 is 0 Å². The summed E-state index contributed by atoms with van der Waals surface area (Å²) in [5.41, 5.74) is 1.05. The molecule has 0 aliphatic heterocycles. The number of benzene rings is 1. The van der Waals surface area contributed by atoms with Gasteiger partial charge in [-0.25, -0.2) is 0 Å². The Morgan fingerprint density at radius 1 is 1.33 bits per heavy atom. The molecule has 0 unspecified atom stereocenters. The van der Waals surface area contributed by atoms with Crippen LogP contribution in [0.4, 0.5) is 0 Å². The SMILES string of the molecule is C=C[C@@H](OC)[C@@H](O)/C=C/c1ccccc1.